The summed E-state index contributed by atoms with van der Waals surface area (Å²) in [5.74, 6) is -1.01. The van der Waals surface area contributed by atoms with E-state index < -0.39 is 11.6 Å². The van der Waals surface area contributed by atoms with Gasteiger partial charge < -0.3 is 0 Å². The summed E-state index contributed by atoms with van der Waals surface area (Å²) >= 11 is 0. The Balaban J connectivity index is 3.01. The number of ketones is 2. The van der Waals surface area contributed by atoms with E-state index in [1.165, 1.54) is 31.2 Å². The molecule has 0 aliphatic heterocycles. The summed E-state index contributed by atoms with van der Waals surface area (Å²) in [6.07, 6.45) is 0. The predicted molar refractivity (Wildman–Crippen MR) is 47.7 cm³/mol. The molecule has 0 heterocycles. The lowest BCUT2D eigenvalue weighted by molar-refractivity contribution is -0.113. The first-order valence-corrected chi connectivity index (χ1v) is 3.68. The molecule has 0 amide bonds. The number of hydrogen-bond donors (Lipinski definition) is 0. The lowest BCUT2D eigenvalue weighted by Crippen LogP contribution is -2.08. The van der Waals surface area contributed by atoms with E-state index in [0.29, 0.717) is 11.3 Å². The van der Waals surface area contributed by atoms with Gasteiger partial charge in [-0.05, 0) is 0 Å². The molecule has 64 valence electrons. The zero-order chi connectivity index (χ0) is 9.84. The fourth-order valence-corrected chi connectivity index (χ4v) is 0.891. The maximum atomic E-state index is 11.1. The molecule has 0 unspecified atom stereocenters. The monoisotopic (exact) mass is 173 g/mol. The molecule has 1 aromatic rings. The second kappa shape index (κ2) is 3.63. The van der Waals surface area contributed by atoms with Crippen LogP contribution in [-0.4, -0.2) is 11.6 Å². The number of Topliss-reactive ketones (excluding diaryl/α,β-unsaturated/α-hetero) is 2. The summed E-state index contributed by atoms with van der Waals surface area (Å²) < 4.78 is 0. The van der Waals surface area contributed by atoms with Crippen molar-refractivity contribution in [2.45, 2.75) is 6.92 Å². The highest BCUT2D eigenvalue weighted by molar-refractivity contribution is 6.42. The first-order chi connectivity index (χ1) is 6.15. The average molecular weight is 173 g/mol. The molecule has 0 bridgehead atoms. The molecule has 0 spiro atoms. The van der Waals surface area contributed by atoms with Gasteiger partial charge in [-0.1, -0.05) is 24.3 Å². The minimum Gasteiger partial charge on any atom is -0.291 e. The lowest BCUT2D eigenvalue weighted by atomic mass is 10.1. The molecule has 0 atom stereocenters. The normalized spacial score (nSPS) is 8.92. The first kappa shape index (κ1) is 9.14. The third kappa shape index (κ3) is 2.00. The summed E-state index contributed by atoms with van der Waals surface area (Å²) in [6, 6.07) is 6.00. The highest BCUT2D eigenvalue weighted by atomic mass is 16.2. The van der Waals surface area contributed by atoms with E-state index in [1.54, 1.807) is 0 Å². The molecule has 13 heavy (non-hydrogen) atoms. The third-order valence-corrected chi connectivity index (χ3v) is 1.58. The molecule has 0 saturated carbocycles. The molecule has 0 aliphatic rings. The Morgan fingerprint density at radius 1 is 1.23 bits per heavy atom. The molecule has 0 saturated heterocycles. The van der Waals surface area contributed by atoms with Crippen LogP contribution in [-0.2, 0) is 4.79 Å². The van der Waals surface area contributed by atoms with Gasteiger partial charge in [0, 0.05) is 12.5 Å². The summed E-state index contributed by atoms with van der Waals surface area (Å²) in [5, 5.41) is 0. The van der Waals surface area contributed by atoms with Crippen molar-refractivity contribution in [1.29, 1.82) is 0 Å². The van der Waals surface area contributed by atoms with Crippen molar-refractivity contribution in [3.8, 4) is 0 Å². The average Bonchev–Trinajstić information content (AvgIpc) is 2.17. The maximum Gasteiger partial charge on any atom is 0.228 e. The van der Waals surface area contributed by atoms with Crippen LogP contribution in [0.4, 0.5) is 5.69 Å². The van der Waals surface area contributed by atoms with Crippen LogP contribution in [0.3, 0.4) is 0 Å². The van der Waals surface area contributed by atoms with Crippen LogP contribution in [0, 0.1) is 6.57 Å². The van der Waals surface area contributed by atoms with Crippen LogP contribution < -0.4 is 0 Å². The van der Waals surface area contributed by atoms with Crippen LogP contribution in [0.1, 0.15) is 17.3 Å². The van der Waals surface area contributed by atoms with Gasteiger partial charge in [0.2, 0.25) is 5.78 Å². The zero-order valence-corrected chi connectivity index (χ0v) is 7.07. The standard InChI is InChI=1S/C10H7NO2/c1-7(12)10(13)8-3-5-9(11-2)6-4-8/h3-6H,1H3. The van der Waals surface area contributed by atoms with E-state index in [-0.39, 0.29) is 0 Å². The number of hydrogen-bond acceptors (Lipinski definition) is 2. The van der Waals surface area contributed by atoms with Crippen molar-refractivity contribution in [3.63, 3.8) is 0 Å². The van der Waals surface area contributed by atoms with E-state index in [0.717, 1.165) is 0 Å². The Kier molecular flexibility index (Phi) is 2.56. The van der Waals surface area contributed by atoms with E-state index in [9.17, 15) is 9.59 Å². The fraction of sp³-hybridized carbons (Fsp3) is 0.100. The molecular formula is C10H7NO2. The molecular weight excluding hydrogens is 166 g/mol. The van der Waals surface area contributed by atoms with Crippen LogP contribution >= 0.6 is 0 Å². The molecule has 1 rings (SSSR count). The van der Waals surface area contributed by atoms with Gasteiger partial charge in [0.15, 0.2) is 11.5 Å². The van der Waals surface area contributed by atoms with Crippen molar-refractivity contribution >= 4 is 17.3 Å². The predicted octanol–water partition coefficient (Wildman–Crippen LogP) is 2.01. The van der Waals surface area contributed by atoms with Crippen LogP contribution in [0.25, 0.3) is 4.85 Å². The third-order valence-electron chi connectivity index (χ3n) is 1.58. The number of benzene rings is 1. The molecule has 0 fully saturated rings. The van der Waals surface area contributed by atoms with E-state index in [1.807, 2.05) is 0 Å². The number of carbonyl (C=O) groups is 2. The minimum absolute atomic E-state index is 0.333. The second-order valence-corrected chi connectivity index (χ2v) is 2.54. The Morgan fingerprint density at radius 2 is 1.77 bits per heavy atom. The number of rotatable bonds is 2. The molecule has 1 aromatic carbocycles. The van der Waals surface area contributed by atoms with Crippen molar-refractivity contribution < 1.29 is 9.59 Å². The highest BCUT2D eigenvalue weighted by Crippen LogP contribution is 2.12. The van der Waals surface area contributed by atoms with Gasteiger partial charge in [0.1, 0.15) is 0 Å². The first-order valence-electron chi connectivity index (χ1n) is 3.68. The number of nitrogens with zero attached hydrogens (tertiary/aromatic N) is 1. The fourth-order valence-electron chi connectivity index (χ4n) is 0.891. The zero-order valence-electron chi connectivity index (χ0n) is 7.07. The van der Waals surface area contributed by atoms with Gasteiger partial charge >= 0.3 is 0 Å². The van der Waals surface area contributed by atoms with Gasteiger partial charge in [-0.3, -0.25) is 9.59 Å². The maximum absolute atomic E-state index is 11.1. The summed E-state index contributed by atoms with van der Waals surface area (Å²) in [5.41, 5.74) is 0.792. The molecule has 0 N–H and O–H groups in total. The van der Waals surface area contributed by atoms with Crippen molar-refractivity contribution in [2.24, 2.45) is 0 Å². The van der Waals surface area contributed by atoms with E-state index in [4.69, 9.17) is 6.57 Å². The van der Waals surface area contributed by atoms with E-state index >= 15 is 0 Å². The molecule has 3 heteroatoms. The Morgan fingerprint density at radius 3 is 2.15 bits per heavy atom. The largest absolute Gasteiger partial charge is 0.291 e. The number of carbonyl (C=O) groups excluding carboxylic acids is 2. The second-order valence-electron chi connectivity index (χ2n) is 2.54. The molecule has 0 radical (unpaired) electrons. The van der Waals surface area contributed by atoms with Gasteiger partial charge in [0.05, 0.1) is 6.57 Å². The topological polar surface area (TPSA) is 38.5 Å². The molecule has 0 aromatic heterocycles. The van der Waals surface area contributed by atoms with E-state index in [2.05, 4.69) is 4.85 Å². The Labute approximate surface area is 75.8 Å². The molecule has 0 aliphatic carbocycles. The van der Waals surface area contributed by atoms with Gasteiger partial charge in [0.25, 0.3) is 0 Å². The Bertz CT molecular complexity index is 384. The van der Waals surface area contributed by atoms with Crippen molar-refractivity contribution in [1.82, 2.24) is 0 Å². The van der Waals surface area contributed by atoms with Gasteiger partial charge in [-0.25, -0.2) is 4.85 Å². The van der Waals surface area contributed by atoms with Crippen LogP contribution in [0.15, 0.2) is 24.3 Å². The summed E-state index contributed by atoms with van der Waals surface area (Å²) in [6.45, 7) is 7.91. The Hall–Kier alpha value is -1.95. The smallest absolute Gasteiger partial charge is 0.228 e. The van der Waals surface area contributed by atoms with Gasteiger partial charge in [-0.2, -0.15) is 0 Å². The van der Waals surface area contributed by atoms with Crippen LogP contribution in [0.2, 0.25) is 0 Å². The summed E-state index contributed by atoms with van der Waals surface area (Å²) in [7, 11) is 0. The minimum atomic E-state index is -0.517. The highest BCUT2D eigenvalue weighted by Gasteiger charge is 2.09. The van der Waals surface area contributed by atoms with Crippen LogP contribution in [0.5, 0.6) is 0 Å². The van der Waals surface area contributed by atoms with Crippen molar-refractivity contribution in [2.75, 3.05) is 0 Å². The summed E-state index contributed by atoms with van der Waals surface area (Å²) in [4.78, 5) is 25.0. The lowest BCUT2D eigenvalue weighted by Gasteiger charge is -1.95. The van der Waals surface area contributed by atoms with Gasteiger partial charge in [-0.15, -0.1) is 0 Å². The molecule has 3 nitrogen and oxygen atoms in total. The SMILES string of the molecule is [C-]#[N+]c1ccc(C(=O)C(C)=O)cc1. The van der Waals surface area contributed by atoms with Crippen molar-refractivity contribution in [3.05, 3.63) is 41.2 Å². The quantitative estimate of drug-likeness (QED) is 0.390.